The van der Waals surface area contributed by atoms with Crippen molar-refractivity contribution in [1.82, 2.24) is 5.32 Å². The van der Waals surface area contributed by atoms with Gasteiger partial charge in [0.25, 0.3) is 11.8 Å². The number of ketones is 1. The second-order valence-corrected chi connectivity index (χ2v) is 10.9. The highest BCUT2D eigenvalue weighted by atomic mass is 16.2. The van der Waals surface area contributed by atoms with Crippen molar-refractivity contribution in [1.29, 1.82) is 0 Å². The maximum absolute atomic E-state index is 13.4. The van der Waals surface area contributed by atoms with Gasteiger partial charge in [0.1, 0.15) is 5.70 Å². The molecule has 2 amide bonds. The van der Waals surface area contributed by atoms with Crippen LogP contribution in [0.2, 0.25) is 0 Å². The van der Waals surface area contributed by atoms with Gasteiger partial charge < -0.3 is 10.6 Å². The zero-order valence-corrected chi connectivity index (χ0v) is 25.2. The van der Waals surface area contributed by atoms with E-state index in [-0.39, 0.29) is 11.5 Å². The van der Waals surface area contributed by atoms with Crippen molar-refractivity contribution in [3.8, 4) is 11.1 Å². The molecule has 0 saturated heterocycles. The van der Waals surface area contributed by atoms with Gasteiger partial charge in [-0.1, -0.05) is 117 Å². The second kappa shape index (κ2) is 14.6. The molecule has 5 aromatic carbocycles. The molecule has 0 aliphatic rings. The summed E-state index contributed by atoms with van der Waals surface area (Å²) in [4.78, 5) is 39.2. The highest BCUT2D eigenvalue weighted by Gasteiger charge is 2.15. The quantitative estimate of drug-likeness (QED) is 0.126. The minimum absolute atomic E-state index is 0.0996. The Morgan fingerprint density at radius 3 is 1.80 bits per heavy atom. The first-order valence-electron chi connectivity index (χ1n) is 14.8. The smallest absolute Gasteiger partial charge is 0.272 e. The third kappa shape index (κ3) is 8.39. The lowest BCUT2D eigenvalue weighted by atomic mass is 10.0. The predicted octanol–water partition coefficient (Wildman–Crippen LogP) is 8.78. The van der Waals surface area contributed by atoms with E-state index >= 15 is 0 Å². The molecule has 0 bridgehead atoms. The molecule has 0 saturated carbocycles. The van der Waals surface area contributed by atoms with Gasteiger partial charge >= 0.3 is 0 Å². The van der Waals surface area contributed by atoms with E-state index in [0.717, 1.165) is 22.3 Å². The predicted molar refractivity (Wildman–Crippen MR) is 183 cm³/mol. The number of anilines is 1. The normalized spacial score (nSPS) is 11.4. The molecule has 0 atom stereocenters. The van der Waals surface area contributed by atoms with Gasteiger partial charge in [-0.25, -0.2) is 0 Å². The van der Waals surface area contributed by atoms with E-state index in [0.29, 0.717) is 22.7 Å². The molecule has 45 heavy (non-hydrogen) atoms. The van der Waals surface area contributed by atoms with Gasteiger partial charge in [0.05, 0.1) is 0 Å². The van der Waals surface area contributed by atoms with Crippen LogP contribution in [0.1, 0.15) is 57.2 Å². The van der Waals surface area contributed by atoms with E-state index in [1.807, 2.05) is 72.8 Å². The van der Waals surface area contributed by atoms with Crippen molar-refractivity contribution in [2.45, 2.75) is 19.8 Å². The van der Waals surface area contributed by atoms with Crippen molar-refractivity contribution >= 4 is 35.4 Å². The molecule has 0 radical (unpaired) electrons. The Hall–Kier alpha value is -5.81. The molecule has 0 aliphatic carbocycles. The molecule has 0 fully saturated rings. The Morgan fingerprint density at radius 1 is 0.600 bits per heavy atom. The maximum Gasteiger partial charge on any atom is 0.272 e. The zero-order chi connectivity index (χ0) is 31.6. The molecule has 0 aromatic heterocycles. The second-order valence-electron chi connectivity index (χ2n) is 10.9. The first kappa shape index (κ1) is 30.6. The summed E-state index contributed by atoms with van der Waals surface area (Å²) in [6.07, 6.45) is 4.97. The van der Waals surface area contributed by atoms with E-state index in [2.05, 4.69) is 36.6 Å². The molecule has 2 N–H and O–H groups in total. The Kier molecular flexibility index (Phi) is 9.93. The van der Waals surface area contributed by atoms with E-state index in [1.165, 1.54) is 11.6 Å². The lowest BCUT2D eigenvalue weighted by molar-refractivity contribution is -0.113. The van der Waals surface area contributed by atoms with Gasteiger partial charge in [-0.05, 0) is 82.3 Å². The lowest BCUT2D eigenvalue weighted by Crippen LogP contribution is -2.30. The van der Waals surface area contributed by atoms with Crippen LogP contribution >= 0.6 is 0 Å². The molecule has 5 heteroatoms. The van der Waals surface area contributed by atoms with Gasteiger partial charge in [0.2, 0.25) is 0 Å². The summed E-state index contributed by atoms with van der Waals surface area (Å²) >= 11 is 0. The number of benzene rings is 5. The fourth-order valence-electron chi connectivity index (χ4n) is 4.69. The molecule has 5 nitrogen and oxygen atoms in total. The summed E-state index contributed by atoms with van der Waals surface area (Å²) < 4.78 is 0. The average molecular weight is 591 g/mol. The van der Waals surface area contributed by atoms with Crippen LogP contribution in [0.3, 0.4) is 0 Å². The number of hydrogen-bond donors (Lipinski definition) is 2. The van der Waals surface area contributed by atoms with Crippen molar-refractivity contribution < 1.29 is 14.4 Å². The summed E-state index contributed by atoms with van der Waals surface area (Å²) in [5, 5.41) is 5.60. The molecular formula is C40H34N2O3. The number of hydrogen-bond acceptors (Lipinski definition) is 3. The largest absolute Gasteiger partial charge is 0.321 e. The van der Waals surface area contributed by atoms with Crippen molar-refractivity contribution in [2.75, 3.05) is 5.32 Å². The van der Waals surface area contributed by atoms with Gasteiger partial charge in [0, 0.05) is 16.8 Å². The first-order valence-corrected chi connectivity index (χ1v) is 14.8. The molecule has 5 rings (SSSR count). The van der Waals surface area contributed by atoms with Crippen LogP contribution in [-0.2, 0) is 4.79 Å². The third-order valence-electron chi connectivity index (χ3n) is 7.32. The Labute approximate surface area is 264 Å². The van der Waals surface area contributed by atoms with Crippen molar-refractivity contribution in [2.24, 2.45) is 0 Å². The summed E-state index contributed by atoms with van der Waals surface area (Å²) in [6, 6.07) is 41.4. The van der Waals surface area contributed by atoms with Gasteiger partial charge in [-0.15, -0.1) is 0 Å². The third-order valence-corrected chi connectivity index (χ3v) is 7.32. The highest BCUT2D eigenvalue weighted by molar-refractivity contribution is 6.11. The van der Waals surface area contributed by atoms with Crippen LogP contribution in [0, 0.1) is 0 Å². The monoisotopic (exact) mass is 590 g/mol. The highest BCUT2D eigenvalue weighted by Crippen LogP contribution is 2.21. The fourth-order valence-corrected chi connectivity index (χ4v) is 4.69. The van der Waals surface area contributed by atoms with Crippen molar-refractivity contribution in [3.05, 3.63) is 173 Å². The molecular weight excluding hydrogens is 556 g/mol. The molecule has 0 aliphatic heterocycles. The van der Waals surface area contributed by atoms with Gasteiger partial charge in [0.15, 0.2) is 5.78 Å². The molecule has 0 unspecified atom stereocenters. The Morgan fingerprint density at radius 2 is 1.18 bits per heavy atom. The minimum Gasteiger partial charge on any atom is -0.321 e. The molecule has 0 heterocycles. The number of allylic oxidation sites excluding steroid dienone is 1. The molecule has 0 spiro atoms. The van der Waals surface area contributed by atoms with Crippen molar-refractivity contribution in [3.63, 3.8) is 0 Å². The van der Waals surface area contributed by atoms with E-state index in [4.69, 9.17) is 0 Å². The van der Waals surface area contributed by atoms with Crippen LogP contribution in [-0.4, -0.2) is 17.6 Å². The number of nitrogens with one attached hydrogen (secondary N) is 2. The van der Waals surface area contributed by atoms with E-state index in [1.54, 1.807) is 60.7 Å². The fraction of sp³-hybridized carbons (Fsp3) is 0.0750. The van der Waals surface area contributed by atoms with Crippen LogP contribution in [0.25, 0.3) is 23.3 Å². The first-order chi connectivity index (χ1) is 21.9. The number of rotatable bonds is 10. The Balaban J connectivity index is 1.27. The summed E-state index contributed by atoms with van der Waals surface area (Å²) in [7, 11) is 0. The number of amides is 2. The molecule has 222 valence electrons. The zero-order valence-electron chi connectivity index (χ0n) is 25.2. The maximum atomic E-state index is 13.4. The summed E-state index contributed by atoms with van der Waals surface area (Å²) in [5.74, 6) is -0.649. The van der Waals surface area contributed by atoms with Crippen LogP contribution in [0.4, 0.5) is 5.69 Å². The van der Waals surface area contributed by atoms with E-state index < -0.39 is 11.8 Å². The van der Waals surface area contributed by atoms with Crippen LogP contribution < -0.4 is 10.6 Å². The summed E-state index contributed by atoms with van der Waals surface area (Å²) in [5.41, 5.74) is 6.64. The number of carbonyl (C=O) groups excluding carboxylic acids is 3. The van der Waals surface area contributed by atoms with Gasteiger partial charge in [-0.2, -0.15) is 0 Å². The lowest BCUT2D eigenvalue weighted by Gasteiger charge is -2.12. The van der Waals surface area contributed by atoms with Crippen LogP contribution in [0.15, 0.2) is 145 Å². The SMILES string of the molecule is CC(C)c1ccc(/C=C(\NC(=O)c2ccccc2)C(=O)Nc2ccc(C(=O)/C=C/c3ccc(-c4ccccc4)cc3)cc2)cc1. The minimum atomic E-state index is -0.481. The average Bonchev–Trinajstić information content (AvgIpc) is 3.08. The standard InChI is InChI=1S/C40H34N2O3/c1-28(2)31-18-15-30(16-19-31)27-37(42-39(44)35-11-7-4-8-12-35)40(45)41-36-24-22-34(23-25-36)38(43)26-17-29-13-20-33(21-14-29)32-9-5-3-6-10-32/h3-28H,1-2H3,(H,41,45)(H,42,44)/b26-17+,37-27-. The number of carbonyl (C=O) groups is 3. The topological polar surface area (TPSA) is 75.3 Å². The van der Waals surface area contributed by atoms with E-state index in [9.17, 15) is 14.4 Å². The van der Waals surface area contributed by atoms with Crippen LogP contribution in [0.5, 0.6) is 0 Å². The molecule has 5 aromatic rings. The summed E-state index contributed by atoms with van der Waals surface area (Å²) in [6.45, 7) is 4.23. The Bertz CT molecular complexity index is 1820. The van der Waals surface area contributed by atoms with Gasteiger partial charge in [-0.3, -0.25) is 14.4 Å².